The molecule has 4 heteroatoms. The zero-order valence-electron chi connectivity index (χ0n) is 11.2. The first-order valence-electron chi connectivity index (χ1n) is 6.08. The van der Waals surface area contributed by atoms with E-state index >= 15 is 0 Å². The van der Waals surface area contributed by atoms with Crippen LogP contribution in [-0.2, 0) is 4.74 Å². The minimum Gasteiger partial charge on any atom is -0.493 e. The summed E-state index contributed by atoms with van der Waals surface area (Å²) >= 11 is 0. The van der Waals surface area contributed by atoms with Crippen molar-refractivity contribution in [2.75, 3.05) is 26.9 Å². The van der Waals surface area contributed by atoms with Crippen LogP contribution in [-0.4, -0.2) is 32.7 Å². The molecule has 0 bridgehead atoms. The topological polar surface area (TPSA) is 44.8 Å². The van der Waals surface area contributed by atoms with Crippen LogP contribution >= 0.6 is 0 Å². The highest BCUT2D eigenvalue weighted by molar-refractivity contribution is 5.94. The van der Waals surface area contributed by atoms with Crippen molar-refractivity contribution < 1.29 is 19.0 Å². The van der Waals surface area contributed by atoms with Gasteiger partial charge in [-0.2, -0.15) is 0 Å². The van der Waals surface area contributed by atoms with Gasteiger partial charge in [0.2, 0.25) is 0 Å². The van der Waals surface area contributed by atoms with Gasteiger partial charge in [-0.15, -0.1) is 0 Å². The first-order valence-corrected chi connectivity index (χ1v) is 6.08. The van der Waals surface area contributed by atoms with Crippen molar-refractivity contribution in [3.05, 3.63) is 23.8 Å². The first kappa shape index (κ1) is 14.5. The van der Waals surface area contributed by atoms with Crippen LogP contribution < -0.4 is 9.47 Å². The van der Waals surface area contributed by atoms with Crippen molar-refractivity contribution in [3.63, 3.8) is 0 Å². The van der Waals surface area contributed by atoms with E-state index in [4.69, 9.17) is 14.2 Å². The molecule has 100 valence electrons. The molecular weight excluding hydrogens is 232 g/mol. The average molecular weight is 252 g/mol. The molecule has 0 N–H and O–H groups in total. The standard InChI is InChI=1S/C14H20O4/c1-4-7-17-8-9-18-13-6-5-12(11(2)15)10-14(13)16-3/h5-6,10H,4,7-9H2,1-3H3. The van der Waals surface area contributed by atoms with Gasteiger partial charge in [-0.05, 0) is 31.5 Å². The Kier molecular flexibility index (Phi) is 6.22. The predicted molar refractivity (Wildman–Crippen MR) is 69.6 cm³/mol. The number of carbonyl (C=O) groups excluding carboxylic acids is 1. The Morgan fingerprint density at radius 3 is 2.56 bits per heavy atom. The quantitative estimate of drug-likeness (QED) is 0.527. The SMILES string of the molecule is CCCOCCOc1ccc(C(C)=O)cc1OC. The summed E-state index contributed by atoms with van der Waals surface area (Å²) in [7, 11) is 1.56. The van der Waals surface area contributed by atoms with E-state index in [0.29, 0.717) is 30.3 Å². The molecule has 0 aliphatic rings. The second-order valence-electron chi connectivity index (χ2n) is 3.88. The van der Waals surface area contributed by atoms with Gasteiger partial charge in [-0.25, -0.2) is 0 Å². The number of Topliss-reactive ketones (excluding diaryl/α,β-unsaturated/α-hetero) is 1. The number of benzene rings is 1. The number of hydrogen-bond donors (Lipinski definition) is 0. The smallest absolute Gasteiger partial charge is 0.161 e. The highest BCUT2D eigenvalue weighted by Gasteiger charge is 2.08. The molecule has 0 aliphatic heterocycles. The van der Waals surface area contributed by atoms with Crippen LogP contribution in [0.3, 0.4) is 0 Å². The second kappa shape index (κ2) is 7.71. The van der Waals surface area contributed by atoms with Gasteiger partial charge in [0.25, 0.3) is 0 Å². The summed E-state index contributed by atoms with van der Waals surface area (Å²) in [4.78, 5) is 11.2. The minimum atomic E-state index is 0.00568. The Morgan fingerprint density at radius 1 is 1.17 bits per heavy atom. The molecule has 1 aromatic rings. The maximum absolute atomic E-state index is 11.2. The largest absolute Gasteiger partial charge is 0.493 e. The first-order chi connectivity index (χ1) is 8.69. The second-order valence-corrected chi connectivity index (χ2v) is 3.88. The van der Waals surface area contributed by atoms with E-state index in [0.717, 1.165) is 13.0 Å². The number of hydrogen-bond acceptors (Lipinski definition) is 4. The molecule has 1 aromatic carbocycles. The van der Waals surface area contributed by atoms with Gasteiger partial charge < -0.3 is 14.2 Å². The Morgan fingerprint density at radius 2 is 1.94 bits per heavy atom. The molecular formula is C14H20O4. The fourth-order valence-corrected chi connectivity index (χ4v) is 1.46. The Labute approximate surface area is 108 Å². The molecule has 4 nitrogen and oxygen atoms in total. The fraction of sp³-hybridized carbons (Fsp3) is 0.500. The van der Waals surface area contributed by atoms with Crippen molar-refractivity contribution in [3.8, 4) is 11.5 Å². The van der Waals surface area contributed by atoms with Crippen LogP contribution in [0.5, 0.6) is 11.5 Å². The molecule has 0 aromatic heterocycles. The monoisotopic (exact) mass is 252 g/mol. The maximum Gasteiger partial charge on any atom is 0.161 e. The van der Waals surface area contributed by atoms with Crippen molar-refractivity contribution in [2.24, 2.45) is 0 Å². The van der Waals surface area contributed by atoms with Gasteiger partial charge in [0.15, 0.2) is 17.3 Å². The molecule has 0 saturated heterocycles. The molecule has 0 heterocycles. The molecule has 0 amide bonds. The minimum absolute atomic E-state index is 0.00568. The third-order valence-corrected chi connectivity index (χ3v) is 2.40. The lowest BCUT2D eigenvalue weighted by molar-refractivity contribution is 0.0991. The van der Waals surface area contributed by atoms with Crippen molar-refractivity contribution >= 4 is 5.78 Å². The molecule has 0 atom stereocenters. The van der Waals surface area contributed by atoms with Crippen molar-refractivity contribution in [1.29, 1.82) is 0 Å². The van der Waals surface area contributed by atoms with E-state index in [1.54, 1.807) is 25.3 Å². The van der Waals surface area contributed by atoms with Crippen LogP contribution in [0.1, 0.15) is 30.6 Å². The van der Waals surface area contributed by atoms with Gasteiger partial charge >= 0.3 is 0 Å². The third kappa shape index (κ3) is 4.37. The van der Waals surface area contributed by atoms with Gasteiger partial charge in [0, 0.05) is 12.2 Å². The summed E-state index contributed by atoms with van der Waals surface area (Å²) in [6, 6.07) is 5.16. The van der Waals surface area contributed by atoms with E-state index < -0.39 is 0 Å². The predicted octanol–water partition coefficient (Wildman–Crippen LogP) is 2.70. The lowest BCUT2D eigenvalue weighted by Crippen LogP contribution is -2.08. The van der Waals surface area contributed by atoms with E-state index in [1.807, 2.05) is 0 Å². The highest BCUT2D eigenvalue weighted by Crippen LogP contribution is 2.28. The van der Waals surface area contributed by atoms with Gasteiger partial charge in [0.1, 0.15) is 6.61 Å². The van der Waals surface area contributed by atoms with Gasteiger partial charge in [0.05, 0.1) is 13.7 Å². The van der Waals surface area contributed by atoms with Crippen molar-refractivity contribution in [2.45, 2.75) is 20.3 Å². The average Bonchev–Trinajstić information content (AvgIpc) is 2.38. The van der Waals surface area contributed by atoms with Crippen molar-refractivity contribution in [1.82, 2.24) is 0 Å². The Bertz CT molecular complexity index is 387. The molecule has 0 saturated carbocycles. The molecule has 0 radical (unpaired) electrons. The zero-order valence-corrected chi connectivity index (χ0v) is 11.2. The van der Waals surface area contributed by atoms with Crippen LogP contribution in [0.2, 0.25) is 0 Å². The number of ether oxygens (including phenoxy) is 3. The third-order valence-electron chi connectivity index (χ3n) is 2.40. The fourth-order valence-electron chi connectivity index (χ4n) is 1.46. The number of carbonyl (C=O) groups is 1. The normalized spacial score (nSPS) is 10.2. The number of ketones is 1. The van der Waals surface area contributed by atoms with E-state index in [-0.39, 0.29) is 5.78 Å². The lowest BCUT2D eigenvalue weighted by atomic mass is 10.1. The van der Waals surface area contributed by atoms with Crippen LogP contribution in [0.15, 0.2) is 18.2 Å². The molecule has 1 rings (SSSR count). The molecule has 0 spiro atoms. The molecule has 0 aliphatic carbocycles. The maximum atomic E-state index is 11.2. The van der Waals surface area contributed by atoms with Crippen LogP contribution in [0, 0.1) is 0 Å². The van der Waals surface area contributed by atoms with Gasteiger partial charge in [-0.3, -0.25) is 4.79 Å². The van der Waals surface area contributed by atoms with E-state index in [9.17, 15) is 4.79 Å². The van der Waals surface area contributed by atoms with E-state index in [2.05, 4.69) is 6.92 Å². The Balaban J connectivity index is 2.57. The molecule has 0 unspecified atom stereocenters. The number of rotatable bonds is 8. The summed E-state index contributed by atoms with van der Waals surface area (Å²) in [5, 5.41) is 0. The summed E-state index contributed by atoms with van der Waals surface area (Å²) in [6.45, 7) is 5.34. The molecule has 0 fully saturated rings. The summed E-state index contributed by atoms with van der Waals surface area (Å²) in [6.07, 6.45) is 0.997. The summed E-state index contributed by atoms with van der Waals surface area (Å²) in [5.41, 5.74) is 0.612. The highest BCUT2D eigenvalue weighted by atomic mass is 16.5. The summed E-state index contributed by atoms with van der Waals surface area (Å²) in [5.74, 6) is 1.20. The van der Waals surface area contributed by atoms with Gasteiger partial charge in [-0.1, -0.05) is 6.92 Å². The zero-order chi connectivity index (χ0) is 13.4. The van der Waals surface area contributed by atoms with Crippen LogP contribution in [0.25, 0.3) is 0 Å². The van der Waals surface area contributed by atoms with E-state index in [1.165, 1.54) is 6.92 Å². The lowest BCUT2D eigenvalue weighted by Gasteiger charge is -2.11. The number of methoxy groups -OCH3 is 1. The molecule has 18 heavy (non-hydrogen) atoms. The Hall–Kier alpha value is -1.55. The van der Waals surface area contributed by atoms with Crippen LogP contribution in [0.4, 0.5) is 0 Å². The summed E-state index contributed by atoms with van der Waals surface area (Å²) < 4.78 is 16.1.